The summed E-state index contributed by atoms with van der Waals surface area (Å²) in [5.74, 6) is 1.68. The minimum absolute atomic E-state index is 0.532. The predicted octanol–water partition coefficient (Wildman–Crippen LogP) is 3.14. The van der Waals surface area contributed by atoms with Crippen LogP contribution in [0, 0.1) is 6.92 Å². The van der Waals surface area contributed by atoms with Crippen molar-refractivity contribution in [3.05, 3.63) is 53.1 Å². The zero-order valence-corrected chi connectivity index (χ0v) is 12.7. The fraction of sp³-hybridized carbons (Fsp3) is 0.200. The number of hydrogen-bond donors (Lipinski definition) is 1. The van der Waals surface area contributed by atoms with Gasteiger partial charge in [0, 0.05) is 35.4 Å². The Balaban J connectivity index is 1.60. The monoisotopic (exact) mass is 315 g/mol. The molecule has 1 N–H and O–H groups in total. The third kappa shape index (κ3) is 3.59. The Labute approximate surface area is 132 Å². The molecule has 3 rings (SSSR count). The number of aryl methyl sites for hydroxylation is 1. The highest BCUT2D eigenvalue weighted by Crippen LogP contribution is 2.19. The standard InChI is InChI=1S/C15H14ClN5O/c1-10-5-7-17-15(19-10)18-8-6-13-20-14(21-22-13)11-3-2-4-12(16)9-11/h2-5,7,9H,6,8H2,1H3,(H,17,18,19). The lowest BCUT2D eigenvalue weighted by Gasteiger charge is -2.02. The molecule has 22 heavy (non-hydrogen) atoms. The van der Waals surface area contributed by atoms with E-state index in [2.05, 4.69) is 25.4 Å². The van der Waals surface area contributed by atoms with Crippen molar-refractivity contribution >= 4 is 17.5 Å². The lowest BCUT2D eigenvalue weighted by atomic mass is 10.2. The summed E-state index contributed by atoms with van der Waals surface area (Å²) >= 11 is 5.96. The van der Waals surface area contributed by atoms with Crippen molar-refractivity contribution in [2.45, 2.75) is 13.3 Å². The Morgan fingerprint density at radius 2 is 2.14 bits per heavy atom. The van der Waals surface area contributed by atoms with E-state index in [1.165, 1.54) is 0 Å². The molecule has 0 bridgehead atoms. The lowest BCUT2D eigenvalue weighted by molar-refractivity contribution is 0.381. The third-order valence-electron chi connectivity index (χ3n) is 2.97. The highest BCUT2D eigenvalue weighted by molar-refractivity contribution is 6.30. The van der Waals surface area contributed by atoms with Gasteiger partial charge in [-0.3, -0.25) is 0 Å². The van der Waals surface area contributed by atoms with E-state index in [4.69, 9.17) is 16.1 Å². The summed E-state index contributed by atoms with van der Waals surface area (Å²) in [5.41, 5.74) is 1.75. The number of halogens is 1. The smallest absolute Gasteiger partial charge is 0.228 e. The molecule has 0 radical (unpaired) electrons. The summed E-state index contributed by atoms with van der Waals surface area (Å²) in [6.07, 6.45) is 2.31. The van der Waals surface area contributed by atoms with Gasteiger partial charge in [-0.2, -0.15) is 4.98 Å². The van der Waals surface area contributed by atoms with E-state index in [9.17, 15) is 0 Å². The fourth-order valence-corrected chi connectivity index (χ4v) is 2.11. The van der Waals surface area contributed by atoms with Crippen LogP contribution in [0.3, 0.4) is 0 Å². The average molecular weight is 316 g/mol. The van der Waals surface area contributed by atoms with Gasteiger partial charge in [0.2, 0.25) is 17.7 Å². The van der Waals surface area contributed by atoms with Crippen molar-refractivity contribution in [1.82, 2.24) is 20.1 Å². The molecule has 0 amide bonds. The second-order valence-corrected chi connectivity index (χ2v) is 5.16. The minimum Gasteiger partial charge on any atom is -0.354 e. The SMILES string of the molecule is Cc1ccnc(NCCc2nc(-c3cccc(Cl)c3)no2)n1. The number of aromatic nitrogens is 4. The third-order valence-corrected chi connectivity index (χ3v) is 3.20. The maximum absolute atomic E-state index is 5.96. The molecule has 0 atom stereocenters. The molecule has 2 heterocycles. The lowest BCUT2D eigenvalue weighted by Crippen LogP contribution is -2.08. The Bertz CT molecular complexity index is 774. The largest absolute Gasteiger partial charge is 0.354 e. The van der Waals surface area contributed by atoms with Crippen LogP contribution in [-0.4, -0.2) is 26.7 Å². The van der Waals surface area contributed by atoms with E-state index in [1.54, 1.807) is 18.3 Å². The number of nitrogens with one attached hydrogen (secondary N) is 1. The Hall–Kier alpha value is -2.47. The van der Waals surface area contributed by atoms with Gasteiger partial charge >= 0.3 is 0 Å². The first-order chi connectivity index (χ1) is 10.7. The van der Waals surface area contributed by atoms with Crippen LogP contribution < -0.4 is 5.32 Å². The van der Waals surface area contributed by atoms with Crippen molar-refractivity contribution in [2.75, 3.05) is 11.9 Å². The molecule has 0 fully saturated rings. The second-order valence-electron chi connectivity index (χ2n) is 4.72. The highest BCUT2D eigenvalue weighted by Gasteiger charge is 2.09. The minimum atomic E-state index is 0.532. The Kier molecular flexibility index (Phi) is 4.29. The van der Waals surface area contributed by atoms with E-state index in [1.807, 2.05) is 25.1 Å². The Morgan fingerprint density at radius 3 is 2.95 bits per heavy atom. The van der Waals surface area contributed by atoms with Crippen LogP contribution in [-0.2, 0) is 6.42 Å². The predicted molar refractivity (Wildman–Crippen MR) is 83.7 cm³/mol. The van der Waals surface area contributed by atoms with Crippen LogP contribution in [0.25, 0.3) is 11.4 Å². The first kappa shape index (κ1) is 14.5. The zero-order valence-electron chi connectivity index (χ0n) is 12.0. The summed E-state index contributed by atoms with van der Waals surface area (Å²) in [6, 6.07) is 9.19. The molecule has 2 aromatic heterocycles. The summed E-state index contributed by atoms with van der Waals surface area (Å²) in [5, 5.41) is 7.73. The van der Waals surface area contributed by atoms with Crippen molar-refractivity contribution in [3.8, 4) is 11.4 Å². The molecule has 112 valence electrons. The van der Waals surface area contributed by atoms with Gasteiger partial charge in [0.15, 0.2) is 0 Å². The van der Waals surface area contributed by atoms with Gasteiger partial charge in [-0.1, -0.05) is 28.9 Å². The maximum atomic E-state index is 5.96. The molecule has 3 aromatic rings. The van der Waals surface area contributed by atoms with Gasteiger partial charge < -0.3 is 9.84 Å². The molecule has 7 heteroatoms. The van der Waals surface area contributed by atoms with Gasteiger partial charge in [-0.15, -0.1) is 0 Å². The van der Waals surface area contributed by atoms with E-state index >= 15 is 0 Å². The molecule has 0 aliphatic heterocycles. The number of hydrogen-bond acceptors (Lipinski definition) is 6. The number of rotatable bonds is 5. The summed E-state index contributed by atoms with van der Waals surface area (Å²) < 4.78 is 5.24. The van der Waals surface area contributed by atoms with Gasteiger partial charge in [-0.25, -0.2) is 9.97 Å². The Morgan fingerprint density at radius 1 is 1.23 bits per heavy atom. The number of anilines is 1. The molecule has 0 saturated carbocycles. The van der Waals surface area contributed by atoms with Crippen LogP contribution in [0.4, 0.5) is 5.95 Å². The van der Waals surface area contributed by atoms with Crippen LogP contribution in [0.2, 0.25) is 5.02 Å². The fourth-order valence-electron chi connectivity index (χ4n) is 1.92. The van der Waals surface area contributed by atoms with E-state index in [0.29, 0.717) is 35.7 Å². The molecule has 0 saturated heterocycles. The molecule has 6 nitrogen and oxygen atoms in total. The second kappa shape index (κ2) is 6.53. The number of benzene rings is 1. The summed E-state index contributed by atoms with van der Waals surface area (Å²) in [6.45, 7) is 2.53. The summed E-state index contributed by atoms with van der Waals surface area (Å²) in [7, 11) is 0. The molecule has 0 spiro atoms. The average Bonchev–Trinajstić information content (AvgIpc) is 2.96. The van der Waals surface area contributed by atoms with E-state index in [-0.39, 0.29) is 0 Å². The zero-order chi connectivity index (χ0) is 15.4. The van der Waals surface area contributed by atoms with Gasteiger partial charge in [0.1, 0.15) is 0 Å². The van der Waals surface area contributed by atoms with Gasteiger partial charge in [0.25, 0.3) is 0 Å². The summed E-state index contributed by atoms with van der Waals surface area (Å²) in [4.78, 5) is 12.7. The first-order valence-corrected chi connectivity index (χ1v) is 7.20. The van der Waals surface area contributed by atoms with E-state index < -0.39 is 0 Å². The van der Waals surface area contributed by atoms with Crippen molar-refractivity contribution in [1.29, 1.82) is 0 Å². The van der Waals surface area contributed by atoms with Crippen molar-refractivity contribution < 1.29 is 4.52 Å². The van der Waals surface area contributed by atoms with E-state index in [0.717, 1.165) is 11.3 Å². The molecule has 0 aliphatic rings. The molecular formula is C15H14ClN5O. The topological polar surface area (TPSA) is 76.7 Å². The maximum Gasteiger partial charge on any atom is 0.228 e. The van der Waals surface area contributed by atoms with Crippen LogP contribution in [0.5, 0.6) is 0 Å². The quantitative estimate of drug-likeness (QED) is 0.779. The molecule has 1 aromatic carbocycles. The van der Waals surface area contributed by atoms with Gasteiger partial charge in [-0.05, 0) is 25.1 Å². The van der Waals surface area contributed by atoms with Crippen molar-refractivity contribution in [3.63, 3.8) is 0 Å². The van der Waals surface area contributed by atoms with Crippen LogP contribution >= 0.6 is 11.6 Å². The highest BCUT2D eigenvalue weighted by atomic mass is 35.5. The van der Waals surface area contributed by atoms with Crippen LogP contribution in [0.1, 0.15) is 11.6 Å². The molecule has 0 unspecified atom stereocenters. The normalized spacial score (nSPS) is 10.6. The van der Waals surface area contributed by atoms with Crippen molar-refractivity contribution in [2.24, 2.45) is 0 Å². The molecular weight excluding hydrogens is 302 g/mol. The number of nitrogens with zero attached hydrogens (tertiary/aromatic N) is 4. The molecule has 0 aliphatic carbocycles. The van der Waals surface area contributed by atoms with Crippen LogP contribution in [0.15, 0.2) is 41.1 Å². The first-order valence-electron chi connectivity index (χ1n) is 6.83. The van der Waals surface area contributed by atoms with Gasteiger partial charge in [0.05, 0.1) is 0 Å².